The molecule has 1 amide bonds. The van der Waals surface area contributed by atoms with Gasteiger partial charge in [0.05, 0.1) is 28.6 Å². The van der Waals surface area contributed by atoms with Crippen LogP contribution < -0.4 is 4.72 Å². The Labute approximate surface area is 159 Å². The molecule has 0 aliphatic carbocycles. The van der Waals surface area contributed by atoms with Crippen LogP contribution in [-0.4, -0.2) is 70.5 Å². The molecule has 0 spiro atoms. The number of hydrogen-bond donors (Lipinski definition) is 1. The number of sulfone groups is 1. The lowest BCUT2D eigenvalue weighted by Crippen LogP contribution is -2.48. The molecule has 0 radical (unpaired) electrons. The first-order valence-electron chi connectivity index (χ1n) is 8.83. The Balaban J connectivity index is 1.70. The Kier molecular flexibility index (Phi) is 5.62. The minimum atomic E-state index is -3.84. The fourth-order valence-electron chi connectivity index (χ4n) is 3.48. The van der Waals surface area contributed by atoms with E-state index in [2.05, 4.69) is 4.72 Å². The van der Waals surface area contributed by atoms with Crippen molar-refractivity contribution in [3.63, 3.8) is 0 Å². The van der Waals surface area contributed by atoms with Gasteiger partial charge in [-0.1, -0.05) is 0 Å². The molecule has 150 valence electrons. The monoisotopic (exact) mass is 416 g/mol. The topological polar surface area (TPSA) is 110 Å². The van der Waals surface area contributed by atoms with Crippen LogP contribution in [0.2, 0.25) is 0 Å². The maximum absolute atomic E-state index is 12.6. The first-order valence-corrected chi connectivity index (χ1v) is 12.1. The molecule has 0 bridgehead atoms. The van der Waals surface area contributed by atoms with Crippen molar-refractivity contribution in [3.8, 4) is 0 Å². The number of nitrogens with one attached hydrogen (secondary N) is 1. The zero-order valence-corrected chi connectivity index (χ0v) is 16.9. The Morgan fingerprint density at radius 2 is 1.74 bits per heavy atom. The number of sulfonamides is 1. The van der Waals surface area contributed by atoms with Crippen molar-refractivity contribution in [2.75, 3.05) is 24.6 Å². The molecule has 3 unspecified atom stereocenters. The summed E-state index contributed by atoms with van der Waals surface area (Å²) >= 11 is 0. The highest BCUT2D eigenvalue weighted by atomic mass is 32.2. The molecular weight excluding hydrogens is 392 g/mol. The number of morpholine rings is 1. The van der Waals surface area contributed by atoms with Crippen LogP contribution >= 0.6 is 0 Å². The zero-order chi connectivity index (χ0) is 19.8. The average molecular weight is 417 g/mol. The largest absolute Gasteiger partial charge is 0.372 e. The Bertz CT molecular complexity index is 901. The highest BCUT2D eigenvalue weighted by Gasteiger charge is 2.32. The molecule has 1 aromatic rings. The van der Waals surface area contributed by atoms with Crippen LogP contribution in [-0.2, 0) is 24.6 Å². The van der Waals surface area contributed by atoms with Gasteiger partial charge in [0.1, 0.15) is 0 Å². The van der Waals surface area contributed by atoms with E-state index >= 15 is 0 Å². The summed E-state index contributed by atoms with van der Waals surface area (Å²) in [5.41, 5.74) is 0.402. The van der Waals surface area contributed by atoms with Gasteiger partial charge in [0.25, 0.3) is 5.91 Å². The summed E-state index contributed by atoms with van der Waals surface area (Å²) < 4.78 is 55.9. The summed E-state index contributed by atoms with van der Waals surface area (Å²) in [5, 5.41) is 0. The molecule has 1 aromatic carbocycles. The van der Waals surface area contributed by atoms with Crippen LogP contribution in [0, 0.1) is 0 Å². The van der Waals surface area contributed by atoms with Crippen molar-refractivity contribution in [2.24, 2.45) is 0 Å². The molecule has 0 aromatic heterocycles. The lowest BCUT2D eigenvalue weighted by molar-refractivity contribution is -0.0586. The highest BCUT2D eigenvalue weighted by Crippen LogP contribution is 2.18. The highest BCUT2D eigenvalue weighted by molar-refractivity contribution is 7.92. The summed E-state index contributed by atoms with van der Waals surface area (Å²) in [6.07, 6.45) is 0.166. The van der Waals surface area contributed by atoms with E-state index in [1.165, 1.54) is 24.3 Å². The van der Waals surface area contributed by atoms with Gasteiger partial charge in [-0.25, -0.2) is 21.6 Å². The van der Waals surface area contributed by atoms with Gasteiger partial charge in [-0.2, -0.15) is 0 Å². The number of ether oxygens (including phenoxy) is 1. The molecule has 3 rings (SSSR count). The molecule has 8 nitrogen and oxygen atoms in total. The van der Waals surface area contributed by atoms with Gasteiger partial charge in [-0.3, -0.25) is 4.79 Å². The maximum atomic E-state index is 12.6. The SMILES string of the molecule is CC1CN(C(=O)c2ccc(S(=O)(=O)NC3CCS(=O)(=O)C3)cc2)CC(C)O1. The number of carbonyl (C=O) groups is 1. The molecule has 0 saturated carbocycles. The lowest BCUT2D eigenvalue weighted by Gasteiger charge is -2.35. The predicted octanol–water partition coefficient (Wildman–Crippen LogP) is 0.401. The third kappa shape index (κ3) is 4.87. The van der Waals surface area contributed by atoms with Crippen molar-refractivity contribution in [2.45, 2.75) is 43.4 Å². The molecule has 1 N–H and O–H groups in total. The van der Waals surface area contributed by atoms with Gasteiger partial charge >= 0.3 is 0 Å². The van der Waals surface area contributed by atoms with Gasteiger partial charge < -0.3 is 9.64 Å². The Morgan fingerprint density at radius 1 is 1.15 bits per heavy atom. The van der Waals surface area contributed by atoms with Gasteiger partial charge in [-0.15, -0.1) is 0 Å². The normalized spacial score (nSPS) is 28.2. The number of hydrogen-bond acceptors (Lipinski definition) is 6. The number of rotatable bonds is 4. The Morgan fingerprint density at radius 3 is 2.26 bits per heavy atom. The smallest absolute Gasteiger partial charge is 0.254 e. The van der Waals surface area contributed by atoms with E-state index in [-0.39, 0.29) is 40.9 Å². The molecule has 10 heteroatoms. The Hall–Kier alpha value is -1.49. The number of nitrogens with zero attached hydrogens (tertiary/aromatic N) is 1. The van der Waals surface area contributed by atoms with Gasteiger partial charge in [0, 0.05) is 24.7 Å². The fraction of sp³-hybridized carbons (Fsp3) is 0.588. The van der Waals surface area contributed by atoms with E-state index in [1.807, 2.05) is 13.8 Å². The third-order valence-corrected chi connectivity index (χ3v) is 7.98. The van der Waals surface area contributed by atoms with Crippen molar-refractivity contribution >= 4 is 25.8 Å². The third-order valence-electron chi connectivity index (χ3n) is 4.67. The predicted molar refractivity (Wildman–Crippen MR) is 99.7 cm³/mol. The molecule has 2 aliphatic heterocycles. The van der Waals surface area contributed by atoms with E-state index in [9.17, 15) is 21.6 Å². The second-order valence-electron chi connectivity index (χ2n) is 7.21. The van der Waals surface area contributed by atoms with Gasteiger partial charge in [-0.05, 0) is 44.5 Å². The molecular formula is C17H24N2O6S2. The summed E-state index contributed by atoms with van der Waals surface area (Å²) in [5.74, 6) is -0.365. The molecule has 3 atom stereocenters. The maximum Gasteiger partial charge on any atom is 0.254 e. The standard InChI is InChI=1S/C17H24N2O6S2/c1-12-9-19(10-13(2)25-12)17(20)14-3-5-16(6-4-14)27(23,24)18-15-7-8-26(21,22)11-15/h3-6,12-13,15,18H,7-11H2,1-2H3. The quantitative estimate of drug-likeness (QED) is 0.761. The van der Waals surface area contributed by atoms with Crippen LogP contribution in [0.1, 0.15) is 30.6 Å². The van der Waals surface area contributed by atoms with E-state index in [1.54, 1.807) is 4.90 Å². The van der Waals surface area contributed by atoms with Gasteiger partial charge in [0.2, 0.25) is 10.0 Å². The van der Waals surface area contributed by atoms with Gasteiger partial charge in [0.15, 0.2) is 9.84 Å². The molecule has 2 fully saturated rings. The van der Waals surface area contributed by atoms with E-state index in [4.69, 9.17) is 4.74 Å². The average Bonchev–Trinajstić information content (AvgIpc) is 2.91. The van der Waals surface area contributed by atoms with Crippen LogP contribution in [0.15, 0.2) is 29.2 Å². The molecule has 2 heterocycles. The van der Waals surface area contributed by atoms with Crippen LogP contribution in [0.25, 0.3) is 0 Å². The minimum absolute atomic E-state index is 0.00654. The molecule has 27 heavy (non-hydrogen) atoms. The van der Waals surface area contributed by atoms with Crippen LogP contribution in [0.5, 0.6) is 0 Å². The van der Waals surface area contributed by atoms with E-state index in [0.717, 1.165) is 0 Å². The zero-order valence-electron chi connectivity index (χ0n) is 15.3. The number of carbonyl (C=O) groups excluding carboxylic acids is 1. The second-order valence-corrected chi connectivity index (χ2v) is 11.2. The molecule has 2 aliphatic rings. The first-order chi connectivity index (χ1) is 12.6. The lowest BCUT2D eigenvalue weighted by atomic mass is 10.1. The van der Waals surface area contributed by atoms with Crippen molar-refractivity contribution in [3.05, 3.63) is 29.8 Å². The van der Waals surface area contributed by atoms with Crippen molar-refractivity contribution in [1.29, 1.82) is 0 Å². The summed E-state index contributed by atoms with van der Waals surface area (Å²) in [7, 11) is -7.01. The van der Waals surface area contributed by atoms with Crippen LogP contribution in [0.3, 0.4) is 0 Å². The molecule has 2 saturated heterocycles. The minimum Gasteiger partial charge on any atom is -0.372 e. The van der Waals surface area contributed by atoms with E-state index in [0.29, 0.717) is 18.7 Å². The summed E-state index contributed by atoms with van der Waals surface area (Å²) in [6.45, 7) is 4.78. The second kappa shape index (κ2) is 7.50. The number of benzene rings is 1. The van der Waals surface area contributed by atoms with E-state index < -0.39 is 25.9 Å². The summed E-state index contributed by atoms with van der Waals surface area (Å²) in [4.78, 5) is 14.3. The number of amides is 1. The van der Waals surface area contributed by atoms with Crippen molar-refractivity contribution < 1.29 is 26.4 Å². The first kappa shape index (κ1) is 20.2. The fourth-order valence-corrected chi connectivity index (χ4v) is 6.53. The van der Waals surface area contributed by atoms with Crippen LogP contribution in [0.4, 0.5) is 0 Å². The summed E-state index contributed by atoms with van der Waals surface area (Å²) in [6, 6.07) is 5.08. The van der Waals surface area contributed by atoms with Crippen molar-refractivity contribution in [1.82, 2.24) is 9.62 Å².